The van der Waals surface area contributed by atoms with E-state index in [9.17, 15) is 14.2 Å². The highest BCUT2D eigenvalue weighted by atomic mass is 31.2. The summed E-state index contributed by atoms with van der Waals surface area (Å²) in [6.45, 7) is 12.4. The molecular formula is C41H48N5O6P. The highest BCUT2D eigenvalue weighted by Gasteiger charge is 2.45. The van der Waals surface area contributed by atoms with Crippen LogP contribution in [0.2, 0.25) is 0 Å². The van der Waals surface area contributed by atoms with Gasteiger partial charge in [-0.2, -0.15) is 0 Å². The second kappa shape index (κ2) is 14.1. The number of carbonyl (C=O) groups excluding carboxylic acids is 2. The lowest BCUT2D eigenvalue weighted by Crippen LogP contribution is -2.34. The third-order valence-electron chi connectivity index (χ3n) is 9.52. The van der Waals surface area contributed by atoms with Crippen molar-refractivity contribution in [1.29, 1.82) is 0 Å². The van der Waals surface area contributed by atoms with E-state index in [0.29, 0.717) is 11.1 Å². The number of phosphoric ester groups is 1. The topological polar surface area (TPSA) is 108 Å². The molecule has 0 unspecified atom stereocenters. The number of rotatable bonds is 10. The van der Waals surface area contributed by atoms with E-state index in [1.807, 2.05) is 84.8 Å². The first kappa shape index (κ1) is 37.0. The molecule has 2 aliphatic rings. The number of imide groups is 1. The predicted molar refractivity (Wildman–Crippen MR) is 207 cm³/mol. The van der Waals surface area contributed by atoms with Gasteiger partial charge in [0.2, 0.25) is 0 Å². The monoisotopic (exact) mass is 737 g/mol. The van der Waals surface area contributed by atoms with Crippen LogP contribution in [0.5, 0.6) is 0 Å². The van der Waals surface area contributed by atoms with E-state index >= 15 is 0 Å². The molecule has 0 N–H and O–H groups in total. The number of hydrogen-bond donors (Lipinski definition) is 0. The van der Waals surface area contributed by atoms with Crippen LogP contribution in [-0.4, -0.2) is 66.8 Å². The van der Waals surface area contributed by atoms with E-state index in [2.05, 4.69) is 26.6 Å². The minimum absolute atomic E-state index is 0.192. The molecule has 5 aromatic rings. The highest BCUT2D eigenvalue weighted by molar-refractivity contribution is 7.48. The number of phosphoric acid groups is 1. The molecular weight excluding hydrogens is 689 g/mol. The van der Waals surface area contributed by atoms with Crippen LogP contribution in [0, 0.1) is 0 Å². The smallest absolute Gasteiger partial charge is 0.350 e. The van der Waals surface area contributed by atoms with Crippen LogP contribution in [0.25, 0.3) is 33.0 Å². The Kier molecular flexibility index (Phi) is 9.84. The van der Waals surface area contributed by atoms with Gasteiger partial charge in [0.05, 0.1) is 28.0 Å². The molecule has 3 aromatic heterocycles. The molecule has 5 heterocycles. The van der Waals surface area contributed by atoms with Crippen molar-refractivity contribution in [2.75, 3.05) is 19.8 Å². The highest BCUT2D eigenvalue weighted by Crippen LogP contribution is 2.56. The van der Waals surface area contributed by atoms with Crippen LogP contribution in [0.15, 0.2) is 85.3 Å². The fraction of sp³-hybridized carbons (Fsp3) is 0.390. The minimum atomic E-state index is -4.25. The van der Waals surface area contributed by atoms with E-state index < -0.39 is 37.6 Å². The number of pyridine rings is 1. The number of hydrogen-bond acceptors (Lipinski definition) is 8. The molecule has 12 heteroatoms. The molecule has 0 bridgehead atoms. The maximum atomic E-state index is 14.7. The Balaban J connectivity index is 1.28. The van der Waals surface area contributed by atoms with Crippen molar-refractivity contribution in [2.24, 2.45) is 7.05 Å². The van der Waals surface area contributed by atoms with Gasteiger partial charge in [-0.15, -0.1) is 0 Å². The molecule has 0 spiro atoms. The summed E-state index contributed by atoms with van der Waals surface area (Å²) in [7, 11) is -2.33. The van der Waals surface area contributed by atoms with Crippen molar-refractivity contribution < 1.29 is 27.7 Å². The van der Waals surface area contributed by atoms with E-state index in [1.165, 1.54) is 0 Å². The average Bonchev–Trinajstić information content (AvgIpc) is 3.71. The van der Waals surface area contributed by atoms with Gasteiger partial charge >= 0.3 is 7.82 Å². The summed E-state index contributed by atoms with van der Waals surface area (Å²) < 4.78 is 35.8. The van der Waals surface area contributed by atoms with Crippen molar-refractivity contribution >= 4 is 52.6 Å². The Bertz CT molecular complexity index is 2230. The van der Waals surface area contributed by atoms with Gasteiger partial charge in [0.1, 0.15) is 6.73 Å². The Morgan fingerprint density at radius 3 is 1.89 bits per heavy atom. The fourth-order valence-electron chi connectivity index (χ4n) is 7.39. The predicted octanol–water partition coefficient (Wildman–Crippen LogP) is 8.36. The molecule has 278 valence electrons. The number of piperidine rings is 1. The van der Waals surface area contributed by atoms with Crippen LogP contribution in [0.3, 0.4) is 0 Å². The fourth-order valence-corrected chi connectivity index (χ4v) is 9.13. The zero-order valence-electron chi connectivity index (χ0n) is 31.5. The zero-order valence-corrected chi connectivity index (χ0v) is 32.4. The molecule has 2 amide bonds. The van der Waals surface area contributed by atoms with Gasteiger partial charge in [-0.3, -0.25) is 33.0 Å². The Labute approximate surface area is 310 Å². The molecule has 0 saturated carbocycles. The van der Waals surface area contributed by atoms with Gasteiger partial charge in [-0.25, -0.2) is 9.46 Å². The lowest BCUT2D eigenvalue weighted by molar-refractivity contribution is -0.140. The maximum Gasteiger partial charge on any atom is 0.477 e. The van der Waals surface area contributed by atoms with Crippen molar-refractivity contribution in [2.45, 2.75) is 78.2 Å². The first-order valence-corrected chi connectivity index (χ1v) is 19.6. The molecule has 11 nitrogen and oxygen atoms in total. The minimum Gasteiger partial charge on any atom is -0.350 e. The second-order valence-corrected chi connectivity index (χ2v) is 17.4. The van der Waals surface area contributed by atoms with Gasteiger partial charge in [0, 0.05) is 84.2 Å². The summed E-state index contributed by atoms with van der Waals surface area (Å²) in [5.41, 5.74) is 3.03. The van der Waals surface area contributed by atoms with Gasteiger partial charge < -0.3 is 9.13 Å². The van der Waals surface area contributed by atoms with E-state index in [0.717, 1.165) is 64.9 Å². The first-order chi connectivity index (χ1) is 25.1. The Morgan fingerprint density at radius 2 is 1.30 bits per heavy atom. The van der Waals surface area contributed by atoms with Crippen LogP contribution in [-0.2, 0) is 41.3 Å². The molecule has 0 atom stereocenters. The zero-order chi connectivity index (χ0) is 37.7. The van der Waals surface area contributed by atoms with Crippen LogP contribution in [0.4, 0.5) is 0 Å². The number of likely N-dealkylation sites (tertiary alicyclic amines) is 1. The third kappa shape index (κ3) is 7.68. The first-order valence-electron chi connectivity index (χ1n) is 18.1. The van der Waals surface area contributed by atoms with Crippen LogP contribution < -0.4 is 0 Å². The van der Waals surface area contributed by atoms with Gasteiger partial charge in [-0.1, -0.05) is 42.5 Å². The normalized spacial score (nSPS) is 16.9. The summed E-state index contributed by atoms with van der Waals surface area (Å²) in [6.07, 6.45) is 7.60. The largest absolute Gasteiger partial charge is 0.477 e. The lowest BCUT2D eigenvalue weighted by atomic mass is 9.95. The number of carbonyl (C=O) groups is 2. The molecule has 7 rings (SSSR count). The van der Waals surface area contributed by atoms with Crippen molar-refractivity contribution in [1.82, 2.24) is 23.9 Å². The van der Waals surface area contributed by atoms with E-state index in [1.54, 1.807) is 41.5 Å². The molecule has 1 saturated heterocycles. The van der Waals surface area contributed by atoms with Crippen molar-refractivity contribution in [3.05, 3.63) is 102 Å². The number of aryl methyl sites for hydroxylation is 1. The van der Waals surface area contributed by atoms with Crippen molar-refractivity contribution in [3.63, 3.8) is 0 Å². The molecule has 53 heavy (non-hydrogen) atoms. The summed E-state index contributed by atoms with van der Waals surface area (Å²) in [6, 6.07) is 22.0. The number of amides is 2. The quantitative estimate of drug-likeness (QED) is 0.104. The van der Waals surface area contributed by atoms with Gasteiger partial charge in [0.15, 0.2) is 0 Å². The summed E-state index contributed by atoms with van der Waals surface area (Å²) >= 11 is 0. The molecule has 2 aliphatic heterocycles. The van der Waals surface area contributed by atoms with E-state index in [-0.39, 0.29) is 17.2 Å². The number of nitrogens with zero attached hydrogens (tertiary/aromatic N) is 5. The standard InChI is InChI=1S/C41H48N5O6P/c1-40(2,3)51-53(49,52-41(4,5)6)50-27-46-38(47)36(32-25-43(7)34-17-10-8-15-30(32)34)37(39(46)48)33-26-45(35-18-11-9-16-31(33)35)29-19-22-44(23-20-29)24-28-14-12-13-21-42-28/h8-18,21,25-26,29H,19-20,22-24,27H2,1-7H3. The summed E-state index contributed by atoms with van der Waals surface area (Å²) in [5, 5.41) is 1.71. The number of para-hydroxylation sites is 2. The van der Waals surface area contributed by atoms with E-state index in [4.69, 9.17) is 13.6 Å². The number of benzene rings is 2. The Morgan fingerprint density at radius 1 is 0.755 bits per heavy atom. The molecule has 0 radical (unpaired) electrons. The third-order valence-corrected chi connectivity index (χ3v) is 11.5. The lowest BCUT2D eigenvalue weighted by Gasteiger charge is -2.33. The molecule has 1 fully saturated rings. The molecule has 0 aliphatic carbocycles. The number of aromatic nitrogens is 3. The van der Waals surface area contributed by atoms with Gasteiger partial charge in [0.25, 0.3) is 11.8 Å². The summed E-state index contributed by atoms with van der Waals surface area (Å²) in [5.74, 6) is -1.08. The van der Waals surface area contributed by atoms with Crippen LogP contribution in [0.1, 0.15) is 77.2 Å². The maximum absolute atomic E-state index is 14.7. The summed E-state index contributed by atoms with van der Waals surface area (Å²) in [4.78, 5) is 37.3. The Hall–Kier alpha value is -4.38. The average molecular weight is 738 g/mol. The SMILES string of the molecule is Cn1cc(C2=C(c3cn(C4CCN(Cc5ccccn5)CC4)c4ccccc34)C(=O)N(COP(=O)(OC(C)(C)C)OC(C)(C)C)C2=O)c2ccccc21. The second-order valence-electron chi connectivity index (χ2n) is 15.9. The molecule has 2 aromatic carbocycles. The van der Waals surface area contributed by atoms with Gasteiger partial charge in [-0.05, 0) is 78.6 Å². The van der Waals surface area contributed by atoms with Crippen LogP contribution >= 0.6 is 7.82 Å². The number of fused-ring (bicyclic) bond motifs is 2. The van der Waals surface area contributed by atoms with Crippen molar-refractivity contribution in [3.8, 4) is 0 Å².